The molecule has 0 amide bonds. The number of benzene rings is 2. The molecule has 18 heavy (non-hydrogen) atoms. The Morgan fingerprint density at radius 2 is 1.61 bits per heavy atom. The third-order valence-corrected chi connectivity index (χ3v) is 3.96. The molecule has 1 nitrogen and oxygen atoms in total. The molecule has 0 radical (unpaired) electrons. The summed E-state index contributed by atoms with van der Waals surface area (Å²) in [6.45, 7) is 1.81. The smallest absolute Gasteiger partial charge is 0.0643 e. The van der Waals surface area contributed by atoms with E-state index in [4.69, 9.17) is 23.2 Å². The van der Waals surface area contributed by atoms with Crippen molar-refractivity contribution in [1.29, 1.82) is 0 Å². The summed E-state index contributed by atoms with van der Waals surface area (Å²) in [5, 5.41) is 0.779. The first-order valence-electron chi connectivity index (χ1n) is 5.94. The van der Waals surface area contributed by atoms with Crippen LogP contribution in [0, 0.1) is 0 Å². The van der Waals surface area contributed by atoms with Crippen LogP contribution in [0.2, 0.25) is 5.02 Å². The van der Waals surface area contributed by atoms with Gasteiger partial charge < -0.3 is 4.90 Å². The molecular formula is C15H13Cl2N. The monoisotopic (exact) mass is 277 g/mol. The molecule has 0 aromatic heterocycles. The molecule has 1 aliphatic heterocycles. The predicted molar refractivity (Wildman–Crippen MR) is 77.3 cm³/mol. The Kier molecular flexibility index (Phi) is 3.19. The van der Waals surface area contributed by atoms with Crippen LogP contribution in [0.3, 0.4) is 0 Å². The second-order valence-corrected chi connectivity index (χ2v) is 5.18. The van der Waals surface area contributed by atoms with E-state index in [9.17, 15) is 0 Å². The van der Waals surface area contributed by atoms with Crippen molar-refractivity contribution in [3.05, 3.63) is 64.2 Å². The summed E-state index contributed by atoms with van der Waals surface area (Å²) in [6.07, 6.45) is 0. The maximum absolute atomic E-state index is 6.33. The molecule has 2 aromatic carbocycles. The second kappa shape index (κ2) is 4.83. The first kappa shape index (κ1) is 11.9. The van der Waals surface area contributed by atoms with E-state index in [0.717, 1.165) is 29.4 Å². The maximum Gasteiger partial charge on any atom is 0.0643 e. The molecule has 0 saturated heterocycles. The van der Waals surface area contributed by atoms with Crippen molar-refractivity contribution in [2.45, 2.75) is 19.0 Å². The van der Waals surface area contributed by atoms with Crippen LogP contribution in [-0.2, 0) is 19.0 Å². The first-order valence-corrected chi connectivity index (χ1v) is 6.86. The topological polar surface area (TPSA) is 3.24 Å². The Bertz CT molecular complexity index is 555. The van der Waals surface area contributed by atoms with Gasteiger partial charge in [-0.1, -0.05) is 48.0 Å². The number of halogens is 2. The van der Waals surface area contributed by atoms with Crippen molar-refractivity contribution in [2.75, 3.05) is 4.90 Å². The fraction of sp³-hybridized carbons (Fsp3) is 0.200. The second-order valence-electron chi connectivity index (χ2n) is 4.51. The molecule has 1 aliphatic rings. The molecule has 2 aromatic rings. The third-order valence-electron chi connectivity index (χ3n) is 3.37. The Morgan fingerprint density at radius 1 is 0.944 bits per heavy atom. The number of fused-ring (bicyclic) bond motifs is 1. The molecule has 92 valence electrons. The number of hydrogen-bond donors (Lipinski definition) is 0. The maximum atomic E-state index is 6.33. The normalized spacial score (nSPS) is 13.8. The SMILES string of the molecule is ClCc1cccc(Cl)c1N1Cc2ccccc2C1. The highest BCUT2D eigenvalue weighted by atomic mass is 35.5. The molecule has 0 N–H and O–H groups in total. The zero-order valence-electron chi connectivity index (χ0n) is 9.87. The molecule has 0 fully saturated rings. The molecule has 0 unspecified atom stereocenters. The van der Waals surface area contributed by atoms with E-state index in [1.165, 1.54) is 11.1 Å². The molecule has 0 spiro atoms. The minimum Gasteiger partial charge on any atom is -0.361 e. The van der Waals surface area contributed by atoms with Crippen molar-refractivity contribution in [3.8, 4) is 0 Å². The zero-order valence-corrected chi connectivity index (χ0v) is 11.4. The van der Waals surface area contributed by atoms with E-state index in [0.29, 0.717) is 5.88 Å². The van der Waals surface area contributed by atoms with Crippen LogP contribution in [0.1, 0.15) is 16.7 Å². The summed E-state index contributed by atoms with van der Waals surface area (Å²) in [6, 6.07) is 14.4. The summed E-state index contributed by atoms with van der Waals surface area (Å²) >= 11 is 12.3. The van der Waals surface area contributed by atoms with Crippen LogP contribution in [-0.4, -0.2) is 0 Å². The van der Waals surface area contributed by atoms with Crippen molar-refractivity contribution in [2.24, 2.45) is 0 Å². The Morgan fingerprint density at radius 3 is 2.22 bits per heavy atom. The van der Waals surface area contributed by atoms with Gasteiger partial charge in [-0.3, -0.25) is 0 Å². The van der Waals surface area contributed by atoms with Gasteiger partial charge in [0.25, 0.3) is 0 Å². The van der Waals surface area contributed by atoms with E-state index in [2.05, 4.69) is 29.2 Å². The highest BCUT2D eigenvalue weighted by Crippen LogP contribution is 2.36. The van der Waals surface area contributed by atoms with Crippen LogP contribution in [0.15, 0.2) is 42.5 Å². The van der Waals surface area contributed by atoms with E-state index in [-0.39, 0.29) is 0 Å². The van der Waals surface area contributed by atoms with Crippen LogP contribution in [0.4, 0.5) is 5.69 Å². The summed E-state index contributed by atoms with van der Waals surface area (Å²) < 4.78 is 0. The lowest BCUT2D eigenvalue weighted by Gasteiger charge is -2.22. The number of hydrogen-bond acceptors (Lipinski definition) is 1. The van der Waals surface area contributed by atoms with Gasteiger partial charge in [0.05, 0.1) is 10.7 Å². The average molecular weight is 278 g/mol. The molecule has 0 aliphatic carbocycles. The lowest BCUT2D eigenvalue weighted by molar-refractivity contribution is 0.874. The van der Waals surface area contributed by atoms with Gasteiger partial charge in [0.1, 0.15) is 0 Å². The molecule has 3 heteroatoms. The Balaban J connectivity index is 2.00. The third kappa shape index (κ3) is 1.98. The number of rotatable bonds is 2. The number of alkyl halides is 1. The summed E-state index contributed by atoms with van der Waals surface area (Å²) in [5.74, 6) is 0.489. The summed E-state index contributed by atoms with van der Waals surface area (Å²) in [7, 11) is 0. The van der Waals surface area contributed by atoms with Gasteiger partial charge in [0.15, 0.2) is 0 Å². The number of nitrogens with zero attached hydrogens (tertiary/aromatic N) is 1. The first-order chi connectivity index (χ1) is 8.79. The van der Waals surface area contributed by atoms with Gasteiger partial charge in [-0.15, -0.1) is 11.6 Å². The quantitative estimate of drug-likeness (QED) is 0.726. The van der Waals surface area contributed by atoms with Crippen LogP contribution in [0.25, 0.3) is 0 Å². The average Bonchev–Trinajstić information content (AvgIpc) is 2.81. The van der Waals surface area contributed by atoms with Gasteiger partial charge in [0, 0.05) is 19.0 Å². The van der Waals surface area contributed by atoms with Crippen molar-refractivity contribution >= 4 is 28.9 Å². The van der Waals surface area contributed by atoms with Crippen LogP contribution in [0.5, 0.6) is 0 Å². The minimum atomic E-state index is 0.489. The van der Waals surface area contributed by atoms with Gasteiger partial charge in [-0.25, -0.2) is 0 Å². The molecule has 0 bridgehead atoms. The predicted octanol–water partition coefficient (Wildman–Crippen LogP) is 4.60. The lowest BCUT2D eigenvalue weighted by Crippen LogP contribution is -2.16. The lowest BCUT2D eigenvalue weighted by atomic mass is 10.1. The molecule has 0 saturated carbocycles. The van der Waals surface area contributed by atoms with Gasteiger partial charge in [-0.05, 0) is 22.8 Å². The fourth-order valence-electron chi connectivity index (χ4n) is 2.51. The van der Waals surface area contributed by atoms with E-state index >= 15 is 0 Å². The molecule has 1 heterocycles. The van der Waals surface area contributed by atoms with Crippen LogP contribution >= 0.6 is 23.2 Å². The highest BCUT2D eigenvalue weighted by molar-refractivity contribution is 6.33. The number of para-hydroxylation sites is 1. The van der Waals surface area contributed by atoms with Gasteiger partial charge >= 0.3 is 0 Å². The van der Waals surface area contributed by atoms with Crippen molar-refractivity contribution in [3.63, 3.8) is 0 Å². The fourth-order valence-corrected chi connectivity index (χ4v) is 3.04. The highest BCUT2D eigenvalue weighted by Gasteiger charge is 2.22. The Labute approximate surface area is 117 Å². The molecule has 3 rings (SSSR count). The van der Waals surface area contributed by atoms with Gasteiger partial charge in [-0.2, -0.15) is 0 Å². The summed E-state index contributed by atoms with van der Waals surface area (Å²) in [5.41, 5.74) is 4.92. The van der Waals surface area contributed by atoms with E-state index < -0.39 is 0 Å². The molecule has 0 atom stereocenters. The van der Waals surface area contributed by atoms with Crippen LogP contribution < -0.4 is 4.90 Å². The van der Waals surface area contributed by atoms with Crippen molar-refractivity contribution < 1.29 is 0 Å². The van der Waals surface area contributed by atoms with E-state index in [1.54, 1.807) is 0 Å². The number of anilines is 1. The molecular weight excluding hydrogens is 265 g/mol. The summed E-state index contributed by atoms with van der Waals surface area (Å²) in [4.78, 5) is 2.30. The van der Waals surface area contributed by atoms with Crippen molar-refractivity contribution in [1.82, 2.24) is 0 Å². The van der Waals surface area contributed by atoms with E-state index in [1.807, 2.05) is 18.2 Å². The largest absolute Gasteiger partial charge is 0.361 e. The zero-order chi connectivity index (χ0) is 12.5. The Hall–Kier alpha value is -1.18. The van der Waals surface area contributed by atoms with Gasteiger partial charge in [0.2, 0.25) is 0 Å². The standard InChI is InChI=1S/C15H13Cl2N/c16-8-11-6-3-7-14(17)15(11)18-9-12-4-1-2-5-13(12)10-18/h1-7H,8-10H2. The minimum absolute atomic E-state index is 0.489.